The SMILES string of the molecule is CC.CC.CC(=O)OCCNC(=O)c1ccc[n+](C)c1. The minimum Gasteiger partial charge on any atom is -0.464 e. The number of ether oxygens (including phenoxy) is 1. The molecule has 0 radical (unpaired) electrons. The van der Waals surface area contributed by atoms with E-state index in [4.69, 9.17) is 4.74 Å². The van der Waals surface area contributed by atoms with Gasteiger partial charge in [-0.2, -0.15) is 0 Å². The summed E-state index contributed by atoms with van der Waals surface area (Å²) in [6.07, 6.45) is 3.57. The molecule has 5 nitrogen and oxygen atoms in total. The third-order valence-electron chi connectivity index (χ3n) is 1.89. The molecule has 1 heterocycles. The van der Waals surface area contributed by atoms with E-state index in [-0.39, 0.29) is 18.5 Å². The summed E-state index contributed by atoms with van der Waals surface area (Å²) in [5.74, 6) is -0.524. The van der Waals surface area contributed by atoms with E-state index < -0.39 is 0 Å². The molecule has 0 aliphatic rings. The van der Waals surface area contributed by atoms with Gasteiger partial charge in [0, 0.05) is 13.0 Å². The Morgan fingerprint density at radius 3 is 2.35 bits per heavy atom. The van der Waals surface area contributed by atoms with Gasteiger partial charge in [0.25, 0.3) is 5.91 Å². The van der Waals surface area contributed by atoms with Gasteiger partial charge in [-0.1, -0.05) is 27.7 Å². The summed E-state index contributed by atoms with van der Waals surface area (Å²) in [5.41, 5.74) is 0.577. The third kappa shape index (κ3) is 10.1. The van der Waals surface area contributed by atoms with Crippen LogP contribution in [-0.2, 0) is 16.6 Å². The lowest BCUT2D eigenvalue weighted by molar-refractivity contribution is -0.671. The number of pyridine rings is 1. The predicted molar refractivity (Wildman–Crippen MR) is 79.3 cm³/mol. The molecule has 0 fully saturated rings. The van der Waals surface area contributed by atoms with Crippen molar-refractivity contribution >= 4 is 11.9 Å². The van der Waals surface area contributed by atoms with Crippen LogP contribution in [-0.4, -0.2) is 25.0 Å². The van der Waals surface area contributed by atoms with Crippen molar-refractivity contribution in [2.24, 2.45) is 7.05 Å². The number of nitrogens with one attached hydrogen (secondary N) is 1. The largest absolute Gasteiger partial charge is 0.464 e. The Morgan fingerprint density at radius 1 is 1.25 bits per heavy atom. The van der Waals surface area contributed by atoms with Crippen molar-refractivity contribution in [2.45, 2.75) is 34.6 Å². The van der Waals surface area contributed by atoms with Crippen molar-refractivity contribution in [3.63, 3.8) is 0 Å². The summed E-state index contributed by atoms with van der Waals surface area (Å²) in [6.45, 7) is 9.84. The minimum absolute atomic E-state index is 0.177. The molecule has 0 saturated heterocycles. The molecule has 0 saturated carbocycles. The van der Waals surface area contributed by atoms with Gasteiger partial charge in [0.1, 0.15) is 19.2 Å². The zero-order valence-electron chi connectivity index (χ0n) is 13.4. The smallest absolute Gasteiger partial charge is 0.302 e. The predicted octanol–water partition coefficient (Wildman–Crippen LogP) is 1.86. The van der Waals surface area contributed by atoms with Gasteiger partial charge in [-0.15, -0.1) is 0 Å². The lowest BCUT2D eigenvalue weighted by Gasteiger charge is -2.04. The molecule has 5 heteroatoms. The van der Waals surface area contributed by atoms with Gasteiger partial charge in [0.2, 0.25) is 0 Å². The number of amides is 1. The van der Waals surface area contributed by atoms with E-state index in [2.05, 4.69) is 5.32 Å². The highest BCUT2D eigenvalue weighted by atomic mass is 16.5. The monoisotopic (exact) mass is 283 g/mol. The minimum atomic E-state index is -0.347. The molecule has 0 aromatic carbocycles. The standard InChI is InChI=1S/C11H14N2O3.2C2H6/c1-9(14)16-7-5-12-11(15)10-4-3-6-13(2)8-10;2*1-2/h3-4,6,8H,5,7H2,1-2H3;2*1-2H3/p+1. The average Bonchev–Trinajstić information content (AvgIpc) is 2.47. The number of esters is 1. The van der Waals surface area contributed by atoms with Crippen LogP contribution >= 0.6 is 0 Å². The van der Waals surface area contributed by atoms with Gasteiger partial charge in [-0.25, -0.2) is 4.57 Å². The van der Waals surface area contributed by atoms with Crippen molar-refractivity contribution in [3.05, 3.63) is 30.1 Å². The lowest BCUT2D eigenvalue weighted by atomic mass is 10.2. The number of hydrogen-bond acceptors (Lipinski definition) is 3. The molecular formula is C15H27N2O3+. The van der Waals surface area contributed by atoms with Gasteiger partial charge in [0.05, 0.1) is 6.54 Å². The average molecular weight is 283 g/mol. The zero-order chi connectivity index (χ0) is 16.0. The summed E-state index contributed by atoms with van der Waals surface area (Å²) in [7, 11) is 1.84. The van der Waals surface area contributed by atoms with Crippen molar-refractivity contribution in [1.29, 1.82) is 0 Å². The number of rotatable bonds is 4. The second-order valence-corrected chi connectivity index (χ2v) is 3.35. The second kappa shape index (κ2) is 13.5. The Balaban J connectivity index is 0. The zero-order valence-corrected chi connectivity index (χ0v) is 13.4. The maximum Gasteiger partial charge on any atom is 0.302 e. The van der Waals surface area contributed by atoms with Gasteiger partial charge in [-0.3, -0.25) is 9.59 Å². The molecular weight excluding hydrogens is 256 g/mol. The first kappa shape index (κ1) is 20.4. The Hall–Kier alpha value is -1.91. The van der Waals surface area contributed by atoms with Crippen molar-refractivity contribution < 1.29 is 18.9 Å². The van der Waals surface area contributed by atoms with Gasteiger partial charge < -0.3 is 10.1 Å². The van der Waals surface area contributed by atoms with Gasteiger partial charge >= 0.3 is 5.97 Å². The van der Waals surface area contributed by atoms with E-state index in [9.17, 15) is 9.59 Å². The fraction of sp³-hybridized carbons (Fsp3) is 0.533. The van der Waals surface area contributed by atoms with Crippen molar-refractivity contribution in [2.75, 3.05) is 13.2 Å². The molecule has 0 bridgehead atoms. The van der Waals surface area contributed by atoms with Crippen LogP contribution in [0.25, 0.3) is 0 Å². The molecule has 114 valence electrons. The molecule has 0 aliphatic heterocycles. The molecule has 1 aromatic heterocycles. The van der Waals surface area contributed by atoms with E-state index in [1.165, 1.54) is 6.92 Å². The fourth-order valence-corrected chi connectivity index (χ4v) is 1.18. The molecule has 0 unspecified atom stereocenters. The van der Waals surface area contributed by atoms with Crippen LogP contribution in [0.1, 0.15) is 45.0 Å². The first-order chi connectivity index (χ1) is 9.59. The fourth-order valence-electron chi connectivity index (χ4n) is 1.18. The van der Waals surface area contributed by atoms with Crippen LogP contribution in [0.2, 0.25) is 0 Å². The Bertz CT molecular complexity index is 392. The summed E-state index contributed by atoms with van der Waals surface area (Å²) in [6, 6.07) is 3.52. The van der Waals surface area contributed by atoms with Crippen LogP contribution in [0.4, 0.5) is 0 Å². The lowest BCUT2D eigenvalue weighted by Crippen LogP contribution is -2.32. The Morgan fingerprint density at radius 2 is 1.85 bits per heavy atom. The highest BCUT2D eigenvalue weighted by Crippen LogP contribution is 1.93. The normalized spacial score (nSPS) is 8.30. The first-order valence-corrected chi connectivity index (χ1v) is 6.96. The Labute approximate surface area is 122 Å². The highest BCUT2D eigenvalue weighted by Gasteiger charge is 2.07. The molecule has 1 N–H and O–H groups in total. The molecule has 1 aromatic rings. The number of aryl methyl sites for hydroxylation is 1. The number of hydrogen-bond donors (Lipinski definition) is 1. The Kier molecular flexibility index (Phi) is 13.8. The van der Waals surface area contributed by atoms with E-state index >= 15 is 0 Å². The molecule has 1 rings (SSSR count). The third-order valence-corrected chi connectivity index (χ3v) is 1.89. The van der Waals surface area contributed by atoms with Crippen LogP contribution in [0, 0.1) is 0 Å². The topological polar surface area (TPSA) is 59.3 Å². The van der Waals surface area contributed by atoms with Gasteiger partial charge in [0.15, 0.2) is 12.4 Å². The van der Waals surface area contributed by atoms with Gasteiger partial charge in [-0.05, 0) is 6.07 Å². The second-order valence-electron chi connectivity index (χ2n) is 3.35. The number of aromatic nitrogens is 1. The summed E-state index contributed by atoms with van der Waals surface area (Å²) >= 11 is 0. The van der Waals surface area contributed by atoms with Crippen molar-refractivity contribution in [3.8, 4) is 0 Å². The first-order valence-electron chi connectivity index (χ1n) is 6.96. The highest BCUT2D eigenvalue weighted by molar-refractivity contribution is 5.93. The van der Waals surface area contributed by atoms with Crippen molar-refractivity contribution in [1.82, 2.24) is 5.32 Å². The number of nitrogens with zero attached hydrogens (tertiary/aromatic N) is 1. The van der Waals surface area contributed by atoms with E-state index in [0.717, 1.165) is 0 Å². The quantitative estimate of drug-likeness (QED) is 0.521. The maximum absolute atomic E-state index is 11.6. The van der Waals surface area contributed by atoms with E-state index in [0.29, 0.717) is 12.1 Å². The number of carbonyl (C=O) groups is 2. The van der Waals surface area contributed by atoms with Crippen LogP contribution in [0.15, 0.2) is 24.5 Å². The molecule has 20 heavy (non-hydrogen) atoms. The maximum atomic E-state index is 11.6. The molecule has 0 aliphatic carbocycles. The number of carbonyl (C=O) groups excluding carboxylic acids is 2. The molecule has 1 amide bonds. The van der Waals surface area contributed by atoms with Crippen LogP contribution in [0.3, 0.4) is 0 Å². The van der Waals surface area contributed by atoms with Crippen LogP contribution < -0.4 is 9.88 Å². The molecule has 0 spiro atoms. The summed E-state index contributed by atoms with van der Waals surface area (Å²) in [5, 5.41) is 2.65. The summed E-state index contributed by atoms with van der Waals surface area (Å²) in [4.78, 5) is 22.0. The van der Waals surface area contributed by atoms with Crippen LogP contribution in [0.5, 0.6) is 0 Å². The van der Waals surface area contributed by atoms with E-state index in [1.807, 2.05) is 40.9 Å². The molecule has 0 atom stereocenters. The summed E-state index contributed by atoms with van der Waals surface area (Å²) < 4.78 is 6.49. The van der Waals surface area contributed by atoms with E-state index in [1.54, 1.807) is 22.9 Å².